The summed E-state index contributed by atoms with van der Waals surface area (Å²) in [6.07, 6.45) is 1.97. The zero-order valence-electron chi connectivity index (χ0n) is 37.5. The maximum Gasteiger partial charge on any atom is 0.414 e. The fraction of sp³-hybridized carbons (Fsp3) is 0.476. The summed E-state index contributed by atoms with van der Waals surface area (Å²) >= 11 is 2.14. The fourth-order valence-electron chi connectivity index (χ4n) is 6.56. The lowest BCUT2D eigenvalue weighted by Gasteiger charge is -2.49. The molecule has 3 atom stereocenters. The second-order valence-corrected chi connectivity index (χ2v) is 18.5. The molecule has 0 aliphatic carbocycles. The Morgan fingerprint density at radius 2 is 1.80 bits per heavy atom. The number of imidazole rings is 1. The molecule has 2 N–H and O–H groups in total. The number of carbonyl (C=O) groups excluding carboxylic acids is 4. The second-order valence-electron chi connectivity index (χ2n) is 16.6. The van der Waals surface area contributed by atoms with Gasteiger partial charge in [0.05, 0.1) is 32.5 Å². The molecule has 1 fully saturated rings. The summed E-state index contributed by atoms with van der Waals surface area (Å²) in [5.74, 6) is -1.37. The fourth-order valence-corrected chi connectivity index (χ4v) is 8.46. The molecule has 0 spiro atoms. The van der Waals surface area contributed by atoms with E-state index in [2.05, 4.69) is 35.1 Å². The lowest BCUT2D eigenvalue weighted by atomic mass is 10.0. The van der Waals surface area contributed by atoms with Gasteiger partial charge in [0.2, 0.25) is 23.0 Å². The molecule has 23 heteroatoms. The highest BCUT2D eigenvalue weighted by Crippen LogP contribution is 2.41. The number of anilines is 1. The van der Waals surface area contributed by atoms with Crippen LogP contribution < -0.4 is 25.0 Å². The molecule has 2 aliphatic rings. The number of oxime groups is 1. The van der Waals surface area contributed by atoms with Crippen LogP contribution in [0.25, 0.3) is 11.2 Å². The van der Waals surface area contributed by atoms with Crippen molar-refractivity contribution in [2.24, 2.45) is 10.1 Å². The number of aromatic nitrogens is 5. The number of β-lactam (4-membered cyclic amide) rings is 1. The maximum absolute atomic E-state index is 14.2. The van der Waals surface area contributed by atoms with Crippen molar-refractivity contribution in [2.75, 3.05) is 38.5 Å². The smallest absolute Gasteiger partial charge is 0.414 e. The van der Waals surface area contributed by atoms with Gasteiger partial charge in [-0.1, -0.05) is 38.1 Å². The Morgan fingerprint density at radius 3 is 2.48 bits per heavy atom. The Labute approximate surface area is 383 Å². The summed E-state index contributed by atoms with van der Waals surface area (Å²) in [6, 6.07) is 9.06. The Kier molecular flexibility index (Phi) is 15.3. The number of esters is 1. The van der Waals surface area contributed by atoms with Crippen LogP contribution in [0.2, 0.25) is 0 Å². The monoisotopic (exact) mass is 936 g/mol. The second kappa shape index (κ2) is 20.7. The molecule has 0 saturated carbocycles. The van der Waals surface area contributed by atoms with Gasteiger partial charge in [-0.25, -0.2) is 14.2 Å². The van der Waals surface area contributed by atoms with E-state index in [-0.39, 0.29) is 61.0 Å². The van der Waals surface area contributed by atoms with Crippen LogP contribution in [-0.2, 0) is 57.9 Å². The molecule has 3 unspecified atom stereocenters. The number of amides is 3. The van der Waals surface area contributed by atoms with E-state index in [1.54, 1.807) is 86.2 Å². The van der Waals surface area contributed by atoms with Gasteiger partial charge in [-0.15, -0.1) is 11.8 Å². The molecular weight excluding hydrogens is 885 g/mol. The average molecular weight is 937 g/mol. The molecule has 1 saturated heterocycles. The summed E-state index contributed by atoms with van der Waals surface area (Å²) in [4.78, 5) is 74.1. The van der Waals surface area contributed by atoms with Crippen LogP contribution in [-0.4, -0.2) is 121 Å². The third kappa shape index (κ3) is 12.3. The molecule has 1 aromatic carbocycles. The van der Waals surface area contributed by atoms with Crippen molar-refractivity contribution in [1.82, 2.24) is 29.1 Å². The summed E-state index contributed by atoms with van der Waals surface area (Å²) in [5, 5.41) is 21.1. The minimum Gasteiger partial charge on any atom is -0.595 e. The molecule has 348 valence electrons. The molecule has 3 aromatic heterocycles. The van der Waals surface area contributed by atoms with Crippen molar-refractivity contribution in [2.45, 2.75) is 96.8 Å². The molecular formula is C42H52N10O11S2. The standard InChI is InChI=1S/C42H52N10O11S2/c1-10-61-48-29(32-46-38(65-49-32)47-40(57)63-42(5,6)7)34(53)45-30-35(54)52-31(37(55)60-20-24-13-15-27(59-9)16-14-24)25(22-64-36(30)52)18-50-17-11-12-28-33(50)43-23-51(28)19-26(21-58-8)44-39(56)62-41(2,3)4/h11-17,23,26,30,36H,10,18-22H2,1-9H3,(H2-,44,45,46,47,49,53,56,57)/b48-29-. The number of aliphatic imine (C=N–C) groups is 1. The number of nitrogens with one attached hydrogen (secondary N) is 2. The maximum atomic E-state index is 14.2. The van der Waals surface area contributed by atoms with E-state index < -0.39 is 58.6 Å². The largest absolute Gasteiger partial charge is 0.595 e. The molecule has 5 heterocycles. The van der Waals surface area contributed by atoms with E-state index >= 15 is 0 Å². The number of hydrogen-bond donors (Lipinski definition) is 2. The van der Waals surface area contributed by atoms with E-state index in [1.807, 2.05) is 27.5 Å². The van der Waals surface area contributed by atoms with Gasteiger partial charge in [-0.2, -0.15) is 9.36 Å². The topological polar surface area (TPSA) is 246 Å². The van der Waals surface area contributed by atoms with Crippen LogP contribution in [0.15, 0.2) is 70.3 Å². The molecule has 6 rings (SSSR count). The van der Waals surface area contributed by atoms with E-state index in [0.717, 1.165) is 11.5 Å². The number of methoxy groups -OCH3 is 2. The number of fused-ring (bicyclic) bond motifs is 2. The number of benzene rings is 1. The predicted molar refractivity (Wildman–Crippen MR) is 237 cm³/mol. The Balaban J connectivity index is 1.25. The van der Waals surface area contributed by atoms with Crippen molar-refractivity contribution >= 4 is 75.3 Å². The first-order valence-corrected chi connectivity index (χ1v) is 22.3. The minimum absolute atomic E-state index is 0.0414. The van der Waals surface area contributed by atoms with Gasteiger partial charge in [-0.3, -0.25) is 24.8 Å². The number of thioether (sulfide) groups is 1. The van der Waals surface area contributed by atoms with Gasteiger partial charge in [0.1, 0.15) is 59.8 Å². The number of hydrogen-bond acceptors (Lipinski definition) is 18. The van der Waals surface area contributed by atoms with E-state index in [9.17, 15) is 24.3 Å². The first-order valence-electron chi connectivity index (χ1n) is 20.5. The lowest BCUT2D eigenvalue weighted by molar-refractivity contribution is -0.664. The molecule has 3 amide bonds. The van der Waals surface area contributed by atoms with Gasteiger partial charge in [0, 0.05) is 35.6 Å². The van der Waals surface area contributed by atoms with Gasteiger partial charge in [-0.05, 0) is 62.5 Å². The summed E-state index contributed by atoms with van der Waals surface area (Å²) < 4.78 is 35.0. The van der Waals surface area contributed by atoms with Crippen LogP contribution in [0.3, 0.4) is 0 Å². The Morgan fingerprint density at radius 1 is 1.06 bits per heavy atom. The van der Waals surface area contributed by atoms with Crippen LogP contribution in [0.5, 0.6) is 5.75 Å². The number of rotatable bonds is 17. The average Bonchev–Trinajstić information content (AvgIpc) is 3.88. The van der Waals surface area contributed by atoms with Crippen molar-refractivity contribution in [3.8, 4) is 5.75 Å². The van der Waals surface area contributed by atoms with E-state index in [4.69, 9.17) is 28.5 Å². The minimum atomic E-state index is -1.08. The molecule has 0 bridgehead atoms. The number of ether oxygens (including phenoxy) is 5. The third-order valence-corrected chi connectivity index (χ3v) is 11.2. The Bertz CT molecular complexity index is 2470. The van der Waals surface area contributed by atoms with E-state index in [1.165, 1.54) is 23.8 Å². The van der Waals surface area contributed by atoms with Crippen molar-refractivity contribution in [1.29, 1.82) is 0 Å². The highest BCUT2D eigenvalue weighted by molar-refractivity contribution is 8.00. The quantitative estimate of drug-likeness (QED) is 0.0386. The van der Waals surface area contributed by atoms with Crippen LogP contribution >= 0.6 is 23.3 Å². The zero-order valence-corrected chi connectivity index (χ0v) is 39.1. The summed E-state index contributed by atoms with van der Waals surface area (Å²) in [7, 11) is 3.07. The van der Waals surface area contributed by atoms with Gasteiger partial charge in [0.15, 0.2) is 0 Å². The normalized spacial score (nSPS) is 17.2. The van der Waals surface area contributed by atoms with Crippen LogP contribution in [0.1, 0.15) is 59.9 Å². The first kappa shape index (κ1) is 48.1. The van der Waals surface area contributed by atoms with Gasteiger partial charge in [0.25, 0.3) is 11.8 Å². The van der Waals surface area contributed by atoms with Crippen LogP contribution in [0.4, 0.5) is 9.93 Å². The summed E-state index contributed by atoms with van der Waals surface area (Å²) in [6.45, 7) is 12.7. The molecule has 21 nitrogen and oxygen atoms in total. The first-order chi connectivity index (χ1) is 30.9. The van der Waals surface area contributed by atoms with E-state index in [0.29, 0.717) is 28.0 Å². The van der Waals surface area contributed by atoms with Gasteiger partial charge >= 0.3 is 17.7 Å². The molecule has 2 aliphatic heterocycles. The third-order valence-electron chi connectivity index (χ3n) is 9.26. The number of nitrogens with zero attached hydrogens (tertiary/aromatic N) is 8. The van der Waals surface area contributed by atoms with Crippen LogP contribution in [0, 0.1) is 0 Å². The lowest BCUT2D eigenvalue weighted by Crippen LogP contribution is -2.71. The number of pyridine rings is 1. The van der Waals surface area contributed by atoms with Crippen molar-refractivity contribution in [3.05, 3.63) is 71.6 Å². The SMILES string of the molecule is CCO/N=C(\C(=O)NC1C(=O)N2C(C(=O)OCc3ccc(OC)cc3)=C(C[n+]3cccc4c3ncn4CC(COC)N=C([O-])OC(C)(C)C)CSC12)c1nsc(NC(=O)OC(C)(C)C)n1. The van der Waals surface area contributed by atoms with Gasteiger partial charge < -0.3 is 43.5 Å². The Hall–Kier alpha value is -6.33. The molecule has 4 aromatic rings. The molecule has 0 radical (unpaired) electrons. The number of carbonyl (C=O) groups is 4. The highest BCUT2D eigenvalue weighted by atomic mass is 32.2. The molecule has 65 heavy (non-hydrogen) atoms. The predicted octanol–water partition coefficient (Wildman–Crippen LogP) is 2.92. The highest BCUT2D eigenvalue weighted by Gasteiger charge is 2.55. The van der Waals surface area contributed by atoms with Crippen molar-refractivity contribution < 1.29 is 57.4 Å². The van der Waals surface area contributed by atoms with Crippen molar-refractivity contribution in [3.63, 3.8) is 0 Å². The summed E-state index contributed by atoms with van der Waals surface area (Å²) in [5.41, 5.74) is 0.769. The zero-order chi connectivity index (χ0) is 47.1.